The maximum absolute atomic E-state index is 12.7. The van der Waals surface area contributed by atoms with Crippen molar-refractivity contribution in [2.45, 2.75) is 65.0 Å². The van der Waals surface area contributed by atoms with E-state index in [2.05, 4.69) is 17.3 Å². The summed E-state index contributed by atoms with van der Waals surface area (Å²) < 4.78 is 1.87. The summed E-state index contributed by atoms with van der Waals surface area (Å²) in [4.78, 5) is 12.7. The minimum atomic E-state index is -0.349. The van der Waals surface area contributed by atoms with Crippen LogP contribution in [0.5, 0.6) is 0 Å². The van der Waals surface area contributed by atoms with Crippen molar-refractivity contribution in [1.29, 1.82) is 0 Å². The quantitative estimate of drug-likeness (QED) is 0.878. The normalized spacial score (nSPS) is 22.4. The van der Waals surface area contributed by atoms with E-state index >= 15 is 0 Å². The van der Waals surface area contributed by atoms with Gasteiger partial charge in [-0.3, -0.25) is 9.48 Å². The fourth-order valence-electron chi connectivity index (χ4n) is 3.05. The Morgan fingerprint density at radius 1 is 1.45 bits per heavy atom. The van der Waals surface area contributed by atoms with E-state index in [1.807, 2.05) is 18.5 Å². The van der Waals surface area contributed by atoms with E-state index in [1.54, 1.807) is 0 Å². The Balaban J connectivity index is 2.25. The molecule has 0 bridgehead atoms. The van der Waals surface area contributed by atoms with Gasteiger partial charge in [0.2, 0.25) is 0 Å². The molecule has 2 rings (SSSR count). The Kier molecular flexibility index (Phi) is 4.86. The molecule has 0 spiro atoms. The highest BCUT2D eigenvalue weighted by atomic mass is 35.5. The second-order valence-electron chi connectivity index (χ2n) is 5.44. The molecule has 20 heavy (non-hydrogen) atoms. The molecular formula is C15H24ClN3O. The molecule has 0 aromatic carbocycles. The highest BCUT2D eigenvalue weighted by Gasteiger charge is 2.39. The van der Waals surface area contributed by atoms with Gasteiger partial charge in [-0.05, 0) is 39.2 Å². The zero-order chi connectivity index (χ0) is 14.8. The van der Waals surface area contributed by atoms with Gasteiger partial charge in [-0.15, -0.1) is 0 Å². The number of aromatic nitrogens is 2. The molecule has 1 aromatic heterocycles. The van der Waals surface area contributed by atoms with Crippen molar-refractivity contribution in [2.24, 2.45) is 0 Å². The number of carbonyl (C=O) groups is 1. The van der Waals surface area contributed by atoms with Gasteiger partial charge in [0.05, 0.1) is 28.4 Å². The van der Waals surface area contributed by atoms with E-state index in [0.29, 0.717) is 11.4 Å². The number of aryl methyl sites for hydroxylation is 2. The Morgan fingerprint density at radius 2 is 2.20 bits per heavy atom. The van der Waals surface area contributed by atoms with Gasteiger partial charge in [0, 0.05) is 6.54 Å². The number of hydrogen-bond acceptors (Lipinski definition) is 3. The van der Waals surface area contributed by atoms with Crippen LogP contribution < -0.4 is 5.32 Å². The van der Waals surface area contributed by atoms with Gasteiger partial charge in [-0.25, -0.2) is 0 Å². The lowest BCUT2D eigenvalue weighted by molar-refractivity contribution is -0.124. The number of halogens is 1. The van der Waals surface area contributed by atoms with Crippen molar-refractivity contribution in [3.8, 4) is 0 Å². The molecule has 1 atom stereocenters. The predicted octanol–water partition coefficient (Wildman–Crippen LogP) is 2.76. The van der Waals surface area contributed by atoms with Crippen molar-refractivity contribution in [1.82, 2.24) is 15.1 Å². The first kappa shape index (κ1) is 15.5. The van der Waals surface area contributed by atoms with Crippen molar-refractivity contribution < 1.29 is 4.79 Å². The molecule has 0 saturated carbocycles. The van der Waals surface area contributed by atoms with E-state index in [1.165, 1.54) is 0 Å². The molecule has 0 amide bonds. The number of carbonyl (C=O) groups excluding carboxylic acids is 1. The standard InChI is InChI=1S/C15H24ClN3O/c1-4-11-14(16)12(19(6-3)18-11)10-13(20)15(5-2)8-7-9-17-15/h17H,4-10H2,1-3H3. The molecule has 1 unspecified atom stereocenters. The van der Waals surface area contributed by atoms with Crippen LogP contribution in [0.2, 0.25) is 5.02 Å². The fourth-order valence-corrected chi connectivity index (χ4v) is 3.39. The summed E-state index contributed by atoms with van der Waals surface area (Å²) in [5, 5.41) is 8.56. The molecule has 1 aromatic rings. The van der Waals surface area contributed by atoms with Gasteiger partial charge in [-0.1, -0.05) is 25.4 Å². The Hall–Kier alpha value is -0.870. The highest BCUT2D eigenvalue weighted by molar-refractivity contribution is 6.32. The predicted molar refractivity (Wildman–Crippen MR) is 81.3 cm³/mol. The fraction of sp³-hybridized carbons (Fsp3) is 0.733. The second kappa shape index (κ2) is 6.27. The van der Waals surface area contributed by atoms with Gasteiger partial charge in [0.15, 0.2) is 5.78 Å². The smallest absolute Gasteiger partial charge is 0.158 e. The first-order valence-corrected chi connectivity index (χ1v) is 7.98. The Labute approximate surface area is 125 Å². The summed E-state index contributed by atoms with van der Waals surface area (Å²) in [6.07, 6.45) is 4.01. The van der Waals surface area contributed by atoms with E-state index in [0.717, 1.165) is 50.2 Å². The van der Waals surface area contributed by atoms with Crippen molar-refractivity contribution in [3.05, 3.63) is 16.4 Å². The summed E-state index contributed by atoms with van der Waals surface area (Å²) in [5.41, 5.74) is 1.41. The topological polar surface area (TPSA) is 46.9 Å². The third kappa shape index (κ3) is 2.63. The van der Waals surface area contributed by atoms with Crippen LogP contribution in [0.15, 0.2) is 0 Å². The average molecular weight is 298 g/mol. The number of rotatable bonds is 6. The molecule has 1 aliphatic heterocycles. The molecule has 1 saturated heterocycles. The van der Waals surface area contributed by atoms with E-state index < -0.39 is 0 Å². The van der Waals surface area contributed by atoms with Crippen molar-refractivity contribution >= 4 is 17.4 Å². The van der Waals surface area contributed by atoms with Crippen LogP contribution in [0.4, 0.5) is 0 Å². The SMILES string of the molecule is CCc1nn(CC)c(CC(=O)C2(CC)CCCN2)c1Cl. The van der Waals surface area contributed by atoms with Gasteiger partial charge >= 0.3 is 0 Å². The second-order valence-corrected chi connectivity index (χ2v) is 5.82. The maximum Gasteiger partial charge on any atom is 0.158 e. The van der Waals surface area contributed by atoms with Crippen molar-refractivity contribution in [3.63, 3.8) is 0 Å². The van der Waals surface area contributed by atoms with Gasteiger partial charge < -0.3 is 5.32 Å². The van der Waals surface area contributed by atoms with Gasteiger partial charge in [-0.2, -0.15) is 5.10 Å². The first-order chi connectivity index (χ1) is 9.57. The molecule has 1 N–H and O–H groups in total. The lowest BCUT2D eigenvalue weighted by atomic mass is 9.87. The van der Waals surface area contributed by atoms with Gasteiger partial charge in [0.25, 0.3) is 0 Å². The van der Waals surface area contributed by atoms with E-state index in [4.69, 9.17) is 11.6 Å². The monoisotopic (exact) mass is 297 g/mol. The molecule has 1 fully saturated rings. The van der Waals surface area contributed by atoms with Crippen LogP contribution in [0, 0.1) is 0 Å². The molecule has 2 heterocycles. The average Bonchev–Trinajstić information content (AvgIpc) is 3.06. The number of nitrogens with one attached hydrogen (secondary N) is 1. The van der Waals surface area contributed by atoms with Crippen LogP contribution in [0.1, 0.15) is 51.4 Å². The number of ketones is 1. The van der Waals surface area contributed by atoms with E-state index in [9.17, 15) is 4.79 Å². The minimum Gasteiger partial charge on any atom is -0.305 e. The summed E-state index contributed by atoms with van der Waals surface area (Å²) in [6, 6.07) is 0. The Morgan fingerprint density at radius 3 is 2.70 bits per heavy atom. The summed E-state index contributed by atoms with van der Waals surface area (Å²) in [7, 11) is 0. The van der Waals surface area contributed by atoms with Crippen molar-refractivity contribution in [2.75, 3.05) is 6.54 Å². The van der Waals surface area contributed by atoms with Crippen LogP contribution in [-0.2, 0) is 24.2 Å². The maximum atomic E-state index is 12.7. The first-order valence-electron chi connectivity index (χ1n) is 7.60. The Bertz CT molecular complexity index is 490. The highest BCUT2D eigenvalue weighted by Crippen LogP contribution is 2.28. The third-order valence-corrected chi connectivity index (χ3v) is 4.84. The molecule has 0 aliphatic carbocycles. The molecule has 4 nitrogen and oxygen atoms in total. The zero-order valence-corrected chi connectivity index (χ0v) is 13.4. The largest absolute Gasteiger partial charge is 0.305 e. The molecule has 112 valence electrons. The number of nitrogens with zero attached hydrogens (tertiary/aromatic N) is 2. The molecule has 1 aliphatic rings. The third-order valence-electron chi connectivity index (χ3n) is 4.40. The minimum absolute atomic E-state index is 0.247. The molecule has 0 radical (unpaired) electrons. The van der Waals surface area contributed by atoms with Crippen LogP contribution in [0.25, 0.3) is 0 Å². The van der Waals surface area contributed by atoms with Crippen LogP contribution in [0.3, 0.4) is 0 Å². The van der Waals surface area contributed by atoms with Crippen LogP contribution >= 0.6 is 11.6 Å². The lowest BCUT2D eigenvalue weighted by Gasteiger charge is -2.26. The summed E-state index contributed by atoms with van der Waals surface area (Å²) in [5.74, 6) is 0.247. The van der Waals surface area contributed by atoms with Crippen LogP contribution in [-0.4, -0.2) is 27.6 Å². The zero-order valence-electron chi connectivity index (χ0n) is 12.6. The van der Waals surface area contributed by atoms with Gasteiger partial charge in [0.1, 0.15) is 0 Å². The lowest BCUT2D eigenvalue weighted by Crippen LogP contribution is -2.48. The summed E-state index contributed by atoms with van der Waals surface area (Å²) >= 11 is 6.39. The summed E-state index contributed by atoms with van der Waals surface area (Å²) in [6.45, 7) is 7.81. The molecular weight excluding hydrogens is 274 g/mol. The number of Topliss-reactive ketones (excluding diaryl/α,β-unsaturated/α-hetero) is 1. The number of hydrogen-bond donors (Lipinski definition) is 1. The van der Waals surface area contributed by atoms with E-state index in [-0.39, 0.29) is 11.3 Å². The molecule has 5 heteroatoms.